The molecule has 3 nitrogen and oxygen atoms in total. The molecule has 0 bridgehead atoms. The Balaban J connectivity index is 1.98. The van der Waals surface area contributed by atoms with Crippen LogP contribution in [0.4, 0.5) is 5.13 Å². The normalized spacial score (nSPS) is 20.5. The fraction of sp³-hybridized carbons (Fsp3) is 0.769. The van der Waals surface area contributed by atoms with Gasteiger partial charge in [0, 0.05) is 25.0 Å². The van der Waals surface area contributed by atoms with Crippen molar-refractivity contribution in [3.63, 3.8) is 0 Å². The maximum absolute atomic E-state index is 5.60. The molecule has 0 aromatic carbocycles. The Hall–Kier alpha value is -0.610. The fourth-order valence-corrected chi connectivity index (χ4v) is 3.36. The number of anilines is 1. The number of thiazole rings is 1. The second-order valence-electron chi connectivity index (χ2n) is 5.83. The minimum Gasteiger partial charge on any atom is -0.348 e. The number of aromatic nitrogens is 1. The van der Waals surface area contributed by atoms with Gasteiger partial charge in [0.25, 0.3) is 0 Å². The monoisotopic (exact) mass is 253 g/mol. The van der Waals surface area contributed by atoms with Gasteiger partial charge < -0.3 is 10.6 Å². The Morgan fingerprint density at radius 3 is 2.65 bits per heavy atom. The van der Waals surface area contributed by atoms with Crippen LogP contribution in [0.2, 0.25) is 0 Å². The van der Waals surface area contributed by atoms with Gasteiger partial charge in [0.1, 0.15) is 0 Å². The van der Waals surface area contributed by atoms with Gasteiger partial charge >= 0.3 is 0 Å². The molecule has 0 atom stereocenters. The molecule has 0 amide bonds. The second-order valence-corrected chi connectivity index (χ2v) is 6.67. The van der Waals surface area contributed by atoms with E-state index in [4.69, 9.17) is 5.73 Å². The van der Waals surface area contributed by atoms with E-state index in [9.17, 15) is 0 Å². The molecule has 2 N–H and O–H groups in total. The van der Waals surface area contributed by atoms with Crippen molar-refractivity contribution in [3.05, 3.63) is 11.1 Å². The number of nitrogens with two attached hydrogens (primary N) is 1. The molecule has 0 saturated heterocycles. The molecule has 1 saturated carbocycles. The van der Waals surface area contributed by atoms with Crippen molar-refractivity contribution in [2.75, 3.05) is 11.9 Å². The minimum absolute atomic E-state index is 0.530. The van der Waals surface area contributed by atoms with E-state index in [-0.39, 0.29) is 0 Å². The molecule has 1 aliphatic carbocycles. The highest BCUT2D eigenvalue weighted by Gasteiger charge is 2.29. The van der Waals surface area contributed by atoms with Gasteiger partial charge in [-0.15, -0.1) is 11.3 Å². The van der Waals surface area contributed by atoms with Crippen molar-refractivity contribution in [1.82, 2.24) is 4.98 Å². The molecule has 1 fully saturated rings. The first-order valence-electron chi connectivity index (χ1n) is 6.39. The van der Waals surface area contributed by atoms with Crippen LogP contribution in [0.5, 0.6) is 0 Å². The highest BCUT2D eigenvalue weighted by atomic mass is 32.1. The van der Waals surface area contributed by atoms with Crippen molar-refractivity contribution in [2.24, 2.45) is 11.1 Å². The highest BCUT2D eigenvalue weighted by Crippen LogP contribution is 2.38. The van der Waals surface area contributed by atoms with E-state index >= 15 is 0 Å². The van der Waals surface area contributed by atoms with E-state index < -0.39 is 0 Å². The molecule has 1 heterocycles. The molecule has 1 aromatic rings. The van der Waals surface area contributed by atoms with Crippen molar-refractivity contribution in [2.45, 2.75) is 52.1 Å². The Morgan fingerprint density at radius 2 is 2.12 bits per heavy atom. The van der Waals surface area contributed by atoms with Gasteiger partial charge in [-0.2, -0.15) is 0 Å². The summed E-state index contributed by atoms with van der Waals surface area (Å²) in [7, 11) is 2.17. The minimum atomic E-state index is 0.530. The largest absolute Gasteiger partial charge is 0.348 e. The zero-order chi connectivity index (χ0) is 12.5. The Labute approximate surface area is 108 Å². The van der Waals surface area contributed by atoms with E-state index in [0.717, 1.165) is 10.8 Å². The predicted octanol–water partition coefficient (Wildman–Crippen LogP) is 3.01. The van der Waals surface area contributed by atoms with Crippen molar-refractivity contribution < 1.29 is 0 Å². The van der Waals surface area contributed by atoms with Gasteiger partial charge in [0.15, 0.2) is 5.13 Å². The van der Waals surface area contributed by atoms with Crippen LogP contribution in [0.1, 0.15) is 45.2 Å². The lowest BCUT2D eigenvalue weighted by molar-refractivity contribution is 0.222. The molecular formula is C13H23N3S. The summed E-state index contributed by atoms with van der Waals surface area (Å²) in [5.74, 6) is 0. The van der Waals surface area contributed by atoms with E-state index in [1.807, 2.05) is 0 Å². The average molecular weight is 253 g/mol. The van der Waals surface area contributed by atoms with E-state index in [2.05, 4.69) is 36.2 Å². The summed E-state index contributed by atoms with van der Waals surface area (Å²) >= 11 is 1.71. The topological polar surface area (TPSA) is 42.2 Å². The lowest BCUT2D eigenvalue weighted by atomic mass is 9.75. The van der Waals surface area contributed by atoms with Crippen LogP contribution in [0.3, 0.4) is 0 Å². The molecule has 1 aromatic heterocycles. The third-order valence-corrected chi connectivity index (χ3v) is 4.89. The summed E-state index contributed by atoms with van der Waals surface area (Å²) in [6.07, 6.45) is 5.19. The smallest absolute Gasteiger partial charge is 0.185 e. The van der Waals surface area contributed by atoms with Crippen LogP contribution in [-0.4, -0.2) is 18.1 Å². The van der Waals surface area contributed by atoms with Crippen molar-refractivity contribution >= 4 is 16.5 Å². The molecule has 1 aliphatic rings. The Kier molecular flexibility index (Phi) is 3.73. The molecule has 2 rings (SSSR count). The van der Waals surface area contributed by atoms with Crippen LogP contribution in [-0.2, 0) is 6.54 Å². The number of nitrogens with zero attached hydrogens (tertiary/aromatic N) is 2. The average Bonchev–Trinajstić information content (AvgIpc) is 2.76. The van der Waals surface area contributed by atoms with E-state index in [1.165, 1.54) is 25.7 Å². The Bertz CT molecular complexity index is 362. The number of rotatable bonds is 3. The SMILES string of the molecule is CN(c1nc(CN)cs1)C1CCC(C)(C)CC1. The molecule has 0 spiro atoms. The van der Waals surface area contributed by atoms with Gasteiger partial charge in [0.2, 0.25) is 0 Å². The molecular weight excluding hydrogens is 230 g/mol. The highest BCUT2D eigenvalue weighted by molar-refractivity contribution is 7.13. The third kappa shape index (κ3) is 2.99. The molecule has 96 valence electrons. The van der Waals surface area contributed by atoms with E-state index in [1.54, 1.807) is 11.3 Å². The summed E-state index contributed by atoms with van der Waals surface area (Å²) in [5.41, 5.74) is 7.14. The zero-order valence-electron chi connectivity index (χ0n) is 11.1. The van der Waals surface area contributed by atoms with Crippen LogP contribution in [0.15, 0.2) is 5.38 Å². The summed E-state index contributed by atoms with van der Waals surface area (Å²) in [4.78, 5) is 6.91. The van der Waals surface area contributed by atoms with Gasteiger partial charge in [0.05, 0.1) is 5.69 Å². The number of hydrogen-bond donors (Lipinski definition) is 1. The van der Waals surface area contributed by atoms with Crippen LogP contribution in [0, 0.1) is 5.41 Å². The second kappa shape index (κ2) is 4.94. The van der Waals surface area contributed by atoms with Gasteiger partial charge in [-0.05, 0) is 31.1 Å². The predicted molar refractivity (Wildman–Crippen MR) is 74.4 cm³/mol. The van der Waals surface area contributed by atoms with Gasteiger partial charge in [-0.25, -0.2) is 4.98 Å². The van der Waals surface area contributed by atoms with Crippen LogP contribution >= 0.6 is 11.3 Å². The van der Waals surface area contributed by atoms with Crippen LogP contribution < -0.4 is 10.6 Å². The zero-order valence-corrected chi connectivity index (χ0v) is 11.9. The van der Waals surface area contributed by atoms with Crippen LogP contribution in [0.25, 0.3) is 0 Å². The fourth-order valence-electron chi connectivity index (χ4n) is 2.48. The summed E-state index contributed by atoms with van der Waals surface area (Å²) < 4.78 is 0. The maximum atomic E-state index is 5.60. The number of hydrogen-bond acceptors (Lipinski definition) is 4. The molecule has 4 heteroatoms. The molecule has 17 heavy (non-hydrogen) atoms. The summed E-state index contributed by atoms with van der Waals surface area (Å²) in [6, 6.07) is 0.653. The summed E-state index contributed by atoms with van der Waals surface area (Å²) in [5, 5.41) is 3.19. The molecule has 0 radical (unpaired) electrons. The van der Waals surface area contributed by atoms with Crippen molar-refractivity contribution in [1.29, 1.82) is 0 Å². The third-order valence-electron chi connectivity index (χ3n) is 3.91. The standard InChI is InChI=1S/C13H23N3S/c1-13(2)6-4-11(5-7-13)16(3)12-15-10(8-14)9-17-12/h9,11H,4-8,14H2,1-3H3. The molecule has 0 unspecified atom stereocenters. The lowest BCUT2D eigenvalue weighted by Crippen LogP contribution is -2.37. The maximum Gasteiger partial charge on any atom is 0.185 e. The first-order valence-corrected chi connectivity index (χ1v) is 7.27. The Morgan fingerprint density at radius 1 is 1.47 bits per heavy atom. The first kappa shape index (κ1) is 12.8. The molecule has 0 aliphatic heterocycles. The lowest BCUT2D eigenvalue weighted by Gasteiger charge is -2.38. The van der Waals surface area contributed by atoms with Crippen molar-refractivity contribution in [3.8, 4) is 0 Å². The van der Waals surface area contributed by atoms with Gasteiger partial charge in [-0.3, -0.25) is 0 Å². The summed E-state index contributed by atoms with van der Waals surface area (Å²) in [6.45, 7) is 5.29. The van der Waals surface area contributed by atoms with Gasteiger partial charge in [-0.1, -0.05) is 13.8 Å². The van der Waals surface area contributed by atoms with E-state index in [0.29, 0.717) is 18.0 Å². The quantitative estimate of drug-likeness (QED) is 0.900. The first-order chi connectivity index (χ1) is 8.02.